The Morgan fingerprint density at radius 2 is 1.86 bits per heavy atom. The zero-order valence-corrected chi connectivity index (χ0v) is 11.7. The molecule has 0 aliphatic rings. The van der Waals surface area contributed by atoms with Gasteiger partial charge in [-0.25, -0.2) is 4.79 Å². The molecule has 106 valence electrons. The first-order valence-corrected chi connectivity index (χ1v) is 6.80. The zero-order valence-electron chi connectivity index (χ0n) is 11.7. The number of para-hydroxylation sites is 1. The summed E-state index contributed by atoms with van der Waals surface area (Å²) in [4.78, 5) is 11.8. The molecule has 0 unspecified atom stereocenters. The van der Waals surface area contributed by atoms with Crippen molar-refractivity contribution in [3.05, 3.63) is 65.9 Å². The lowest BCUT2D eigenvalue weighted by molar-refractivity contribution is 0.251. The van der Waals surface area contributed by atoms with E-state index in [0.29, 0.717) is 6.54 Å². The summed E-state index contributed by atoms with van der Waals surface area (Å²) in [5.74, 6) is 0.732. The predicted octanol–water partition coefficient (Wildman–Crippen LogP) is 4.06. The molecule has 1 heterocycles. The van der Waals surface area contributed by atoms with Gasteiger partial charge in [-0.05, 0) is 31.2 Å². The molecule has 4 nitrogen and oxygen atoms in total. The molecule has 3 rings (SSSR count). The van der Waals surface area contributed by atoms with Crippen LogP contribution in [0.5, 0.6) is 0 Å². The van der Waals surface area contributed by atoms with Crippen LogP contribution in [0, 0.1) is 6.92 Å². The van der Waals surface area contributed by atoms with Gasteiger partial charge in [-0.2, -0.15) is 0 Å². The predicted molar refractivity (Wildman–Crippen MR) is 83.3 cm³/mol. The van der Waals surface area contributed by atoms with E-state index in [4.69, 9.17) is 4.42 Å². The standard InChI is InChI=1S/C17H16N2O2/c1-12-6-8-14(9-7-12)19-17(20)18-11-15-10-13-4-2-3-5-16(13)21-15/h2-10H,11H2,1H3,(H2,18,19,20). The highest BCUT2D eigenvalue weighted by molar-refractivity contribution is 5.89. The Bertz CT molecular complexity index is 727. The fraction of sp³-hybridized carbons (Fsp3) is 0.118. The average Bonchev–Trinajstić information content (AvgIpc) is 2.90. The molecule has 0 radical (unpaired) electrons. The minimum atomic E-state index is -0.251. The number of urea groups is 1. The van der Waals surface area contributed by atoms with Crippen molar-refractivity contribution in [2.75, 3.05) is 5.32 Å². The van der Waals surface area contributed by atoms with Gasteiger partial charge in [0, 0.05) is 11.1 Å². The molecule has 2 aromatic carbocycles. The molecule has 2 N–H and O–H groups in total. The number of rotatable bonds is 3. The minimum absolute atomic E-state index is 0.251. The Morgan fingerprint density at radius 3 is 2.62 bits per heavy atom. The number of amides is 2. The molecule has 1 aromatic heterocycles. The first-order valence-electron chi connectivity index (χ1n) is 6.80. The molecule has 4 heteroatoms. The van der Waals surface area contributed by atoms with Gasteiger partial charge in [0.2, 0.25) is 0 Å². The number of aryl methyl sites for hydroxylation is 1. The lowest BCUT2D eigenvalue weighted by Crippen LogP contribution is -2.27. The molecule has 3 aromatic rings. The monoisotopic (exact) mass is 280 g/mol. The fourth-order valence-corrected chi connectivity index (χ4v) is 2.10. The van der Waals surface area contributed by atoms with Crippen molar-refractivity contribution in [1.82, 2.24) is 5.32 Å². The summed E-state index contributed by atoms with van der Waals surface area (Å²) in [6, 6.07) is 17.1. The Morgan fingerprint density at radius 1 is 1.10 bits per heavy atom. The quantitative estimate of drug-likeness (QED) is 0.760. The van der Waals surface area contributed by atoms with Crippen LogP contribution in [0.25, 0.3) is 11.0 Å². The third-order valence-electron chi connectivity index (χ3n) is 3.21. The smallest absolute Gasteiger partial charge is 0.319 e. The first kappa shape index (κ1) is 13.2. The van der Waals surface area contributed by atoms with Crippen LogP contribution in [0.1, 0.15) is 11.3 Å². The molecule has 0 aliphatic heterocycles. The molecule has 2 amide bonds. The van der Waals surface area contributed by atoms with Crippen LogP contribution in [0.3, 0.4) is 0 Å². The largest absolute Gasteiger partial charge is 0.459 e. The lowest BCUT2D eigenvalue weighted by Gasteiger charge is -2.06. The van der Waals surface area contributed by atoms with Gasteiger partial charge in [-0.3, -0.25) is 0 Å². The summed E-state index contributed by atoms with van der Waals surface area (Å²) in [7, 11) is 0. The maximum atomic E-state index is 11.8. The average molecular weight is 280 g/mol. The van der Waals surface area contributed by atoms with E-state index in [1.165, 1.54) is 0 Å². The van der Waals surface area contributed by atoms with Gasteiger partial charge in [0.25, 0.3) is 0 Å². The number of anilines is 1. The van der Waals surface area contributed by atoms with Crippen LogP contribution in [-0.4, -0.2) is 6.03 Å². The first-order chi connectivity index (χ1) is 10.2. The lowest BCUT2D eigenvalue weighted by atomic mass is 10.2. The highest BCUT2D eigenvalue weighted by Crippen LogP contribution is 2.18. The summed E-state index contributed by atoms with van der Waals surface area (Å²) in [5.41, 5.74) is 2.75. The molecule has 21 heavy (non-hydrogen) atoms. The topological polar surface area (TPSA) is 54.3 Å². The molecule has 0 saturated carbocycles. The van der Waals surface area contributed by atoms with Crippen LogP contribution >= 0.6 is 0 Å². The van der Waals surface area contributed by atoms with Crippen molar-refractivity contribution in [3.8, 4) is 0 Å². The summed E-state index contributed by atoms with van der Waals surface area (Å²) in [6.07, 6.45) is 0. The summed E-state index contributed by atoms with van der Waals surface area (Å²) in [6.45, 7) is 2.36. The van der Waals surface area contributed by atoms with E-state index in [0.717, 1.165) is 28.0 Å². The third-order valence-corrected chi connectivity index (χ3v) is 3.21. The van der Waals surface area contributed by atoms with Crippen LogP contribution in [0.2, 0.25) is 0 Å². The number of benzene rings is 2. The van der Waals surface area contributed by atoms with E-state index in [2.05, 4.69) is 10.6 Å². The van der Waals surface area contributed by atoms with Crippen LogP contribution < -0.4 is 10.6 Å². The molecular formula is C17H16N2O2. The van der Waals surface area contributed by atoms with Crippen molar-refractivity contribution in [2.24, 2.45) is 0 Å². The zero-order chi connectivity index (χ0) is 14.7. The third kappa shape index (κ3) is 3.23. The second-order valence-electron chi connectivity index (χ2n) is 4.92. The maximum absolute atomic E-state index is 11.8. The van der Waals surface area contributed by atoms with Gasteiger partial charge in [-0.1, -0.05) is 35.9 Å². The number of furan rings is 1. The Labute approximate surface area is 122 Å². The summed E-state index contributed by atoms with van der Waals surface area (Å²) < 4.78 is 5.64. The van der Waals surface area contributed by atoms with E-state index in [1.807, 2.05) is 61.5 Å². The van der Waals surface area contributed by atoms with E-state index < -0.39 is 0 Å². The minimum Gasteiger partial charge on any atom is -0.459 e. The Balaban J connectivity index is 1.59. The van der Waals surface area contributed by atoms with E-state index in [-0.39, 0.29) is 6.03 Å². The van der Waals surface area contributed by atoms with Gasteiger partial charge in [0.05, 0.1) is 6.54 Å². The normalized spacial score (nSPS) is 10.5. The van der Waals surface area contributed by atoms with Crippen LogP contribution in [0.15, 0.2) is 59.0 Å². The van der Waals surface area contributed by atoms with Gasteiger partial charge in [-0.15, -0.1) is 0 Å². The molecule has 0 saturated heterocycles. The number of carbonyl (C=O) groups is 1. The van der Waals surface area contributed by atoms with Crippen molar-refractivity contribution < 1.29 is 9.21 Å². The van der Waals surface area contributed by atoms with E-state index in [9.17, 15) is 4.79 Å². The van der Waals surface area contributed by atoms with Crippen molar-refractivity contribution >= 4 is 22.7 Å². The molecular weight excluding hydrogens is 264 g/mol. The fourth-order valence-electron chi connectivity index (χ4n) is 2.10. The highest BCUT2D eigenvalue weighted by Gasteiger charge is 2.05. The van der Waals surface area contributed by atoms with Crippen molar-refractivity contribution in [1.29, 1.82) is 0 Å². The van der Waals surface area contributed by atoms with E-state index in [1.54, 1.807) is 0 Å². The highest BCUT2D eigenvalue weighted by atomic mass is 16.3. The summed E-state index contributed by atoms with van der Waals surface area (Å²) >= 11 is 0. The van der Waals surface area contributed by atoms with Gasteiger partial charge in [0.1, 0.15) is 11.3 Å². The molecule has 0 bridgehead atoms. The maximum Gasteiger partial charge on any atom is 0.319 e. The van der Waals surface area contributed by atoms with Crippen molar-refractivity contribution in [3.63, 3.8) is 0 Å². The second kappa shape index (κ2) is 5.71. The Kier molecular flexibility index (Phi) is 3.60. The number of hydrogen-bond acceptors (Lipinski definition) is 2. The van der Waals surface area contributed by atoms with Crippen LogP contribution in [0.4, 0.5) is 10.5 Å². The summed E-state index contributed by atoms with van der Waals surface area (Å²) in [5, 5.41) is 6.60. The van der Waals surface area contributed by atoms with Gasteiger partial charge in [0.15, 0.2) is 0 Å². The molecule has 0 spiro atoms. The SMILES string of the molecule is Cc1ccc(NC(=O)NCc2cc3ccccc3o2)cc1. The molecule has 0 aliphatic carbocycles. The number of hydrogen-bond donors (Lipinski definition) is 2. The van der Waals surface area contributed by atoms with E-state index >= 15 is 0 Å². The number of carbonyl (C=O) groups excluding carboxylic acids is 1. The van der Waals surface area contributed by atoms with Gasteiger partial charge >= 0.3 is 6.03 Å². The Hall–Kier alpha value is -2.75. The number of nitrogens with one attached hydrogen (secondary N) is 2. The molecule has 0 fully saturated rings. The number of fused-ring (bicyclic) bond motifs is 1. The van der Waals surface area contributed by atoms with Gasteiger partial charge < -0.3 is 15.1 Å². The van der Waals surface area contributed by atoms with Crippen LogP contribution in [-0.2, 0) is 6.54 Å². The molecule has 0 atom stereocenters. The second-order valence-corrected chi connectivity index (χ2v) is 4.92. The van der Waals surface area contributed by atoms with Crippen molar-refractivity contribution in [2.45, 2.75) is 13.5 Å².